The van der Waals surface area contributed by atoms with Crippen molar-refractivity contribution in [1.29, 1.82) is 10.5 Å². The molecule has 500 valence electrons. The molecule has 0 radical (unpaired) electrons. The summed E-state index contributed by atoms with van der Waals surface area (Å²) in [4.78, 5) is 121. The first-order chi connectivity index (χ1) is 46.7. The molecule has 0 saturated carbocycles. The van der Waals surface area contributed by atoms with Gasteiger partial charge in [-0.25, -0.2) is 4.79 Å². The van der Waals surface area contributed by atoms with Crippen LogP contribution in [0.25, 0.3) is 11.1 Å². The van der Waals surface area contributed by atoms with Crippen LogP contribution in [0.15, 0.2) is 132 Å². The molecule has 6 aliphatic rings. The third-order valence-corrected chi connectivity index (χ3v) is 16.7. The number of fused-ring (bicyclic) bond motifs is 14. The predicted molar refractivity (Wildman–Crippen MR) is 337 cm³/mol. The van der Waals surface area contributed by atoms with E-state index in [2.05, 4.69) is 37.2 Å². The normalized spacial score (nSPS) is 21.1. The van der Waals surface area contributed by atoms with Crippen molar-refractivity contribution >= 4 is 47.3 Å². The van der Waals surface area contributed by atoms with Crippen LogP contribution >= 0.6 is 0 Å². The lowest BCUT2D eigenvalue weighted by Crippen LogP contribution is -2.56. The molecule has 6 aliphatic heterocycles. The van der Waals surface area contributed by atoms with Crippen molar-refractivity contribution in [2.45, 2.75) is 81.7 Å². The van der Waals surface area contributed by atoms with Gasteiger partial charge in [0.25, 0.3) is 0 Å². The molecule has 15 N–H and O–H groups in total. The smallest absolute Gasteiger partial charge is 0.333 e. The van der Waals surface area contributed by atoms with Gasteiger partial charge in [0, 0.05) is 33.9 Å². The number of methoxy groups -OCH3 is 1. The summed E-state index contributed by atoms with van der Waals surface area (Å²) in [5.41, 5.74) is -3.40. The molecule has 98 heavy (non-hydrogen) atoms. The second-order valence-electron chi connectivity index (χ2n) is 23.6. The molecule has 0 aliphatic carbocycles. The molecule has 0 spiro atoms. The summed E-state index contributed by atoms with van der Waals surface area (Å²) in [6.45, 7) is 4.77. The topological polar surface area (TPSA) is 467 Å². The molecule has 0 saturated heterocycles. The van der Waals surface area contributed by atoms with E-state index in [9.17, 15) is 65.8 Å². The highest BCUT2D eigenvalue weighted by molar-refractivity contribution is 6.02. The van der Waals surface area contributed by atoms with E-state index in [0.717, 1.165) is 73.8 Å². The number of ether oxygens (including phenoxy) is 4. The number of benzene rings is 7. The summed E-state index contributed by atoms with van der Waals surface area (Å²) >= 11 is 0. The van der Waals surface area contributed by atoms with Crippen molar-refractivity contribution in [1.82, 2.24) is 37.2 Å². The lowest BCUT2D eigenvalue weighted by molar-refractivity contribution is -0.146. The number of amides is 7. The van der Waals surface area contributed by atoms with Crippen molar-refractivity contribution in [2.24, 2.45) is 5.92 Å². The number of nitrogens with one attached hydrogen (secondary N) is 7. The van der Waals surface area contributed by atoms with Gasteiger partial charge >= 0.3 is 5.97 Å². The first-order valence-corrected chi connectivity index (χ1v) is 30.0. The molecule has 13 rings (SSSR count). The molecule has 17 bridgehead atoms. The van der Waals surface area contributed by atoms with Crippen molar-refractivity contribution in [3.8, 4) is 92.3 Å². The monoisotopic (exact) mass is 1330 g/mol. The van der Waals surface area contributed by atoms with Gasteiger partial charge < -0.3 is 97.0 Å². The number of esters is 1. The number of allylic oxidation sites excluding steroid dienone is 1. The van der Waals surface area contributed by atoms with Crippen LogP contribution in [-0.2, 0) is 43.1 Å². The van der Waals surface area contributed by atoms with Gasteiger partial charge in [0.1, 0.15) is 106 Å². The second-order valence-corrected chi connectivity index (χ2v) is 23.6. The summed E-state index contributed by atoms with van der Waals surface area (Å²) in [7, 11) is 0.961. The number of phenolic OH excluding ortho intramolecular Hbond substituents is 6. The van der Waals surface area contributed by atoms with E-state index in [1.54, 1.807) is 26.0 Å². The summed E-state index contributed by atoms with van der Waals surface area (Å²) in [5, 5.41) is 131. The van der Waals surface area contributed by atoms with Gasteiger partial charge in [0.15, 0.2) is 29.0 Å². The average Bonchev–Trinajstić information content (AvgIpc) is 0.770. The molecule has 7 aromatic rings. The van der Waals surface area contributed by atoms with Gasteiger partial charge in [-0.05, 0) is 132 Å². The van der Waals surface area contributed by atoms with Crippen LogP contribution in [0.5, 0.6) is 69.0 Å². The number of carbonyl (C=O) groups excluding carboxylic acids is 8. The lowest BCUT2D eigenvalue weighted by atomic mass is 9.89. The third-order valence-electron chi connectivity index (χ3n) is 16.7. The fraction of sp³-hybridized carbons (Fsp3) is 0.217. The largest absolute Gasteiger partial charge is 0.508 e. The number of phenols is 6. The highest BCUT2D eigenvalue weighted by Gasteiger charge is 2.43. The highest BCUT2D eigenvalue weighted by atomic mass is 16.5. The van der Waals surface area contributed by atoms with Crippen LogP contribution in [0.1, 0.15) is 107 Å². The molecule has 0 fully saturated rings. The molecule has 0 unspecified atom stereocenters. The van der Waals surface area contributed by atoms with Crippen molar-refractivity contribution in [3.05, 3.63) is 177 Å². The van der Waals surface area contributed by atoms with Crippen LogP contribution in [0.3, 0.4) is 0 Å². The number of nitrogens with zero attached hydrogens (tertiary/aromatic N) is 2. The minimum Gasteiger partial charge on any atom is -0.508 e. The number of nitriles is 2. The first-order valence-electron chi connectivity index (χ1n) is 30.0. The molecule has 29 heteroatoms. The Morgan fingerprint density at radius 1 is 0.531 bits per heavy atom. The predicted octanol–water partition coefficient (Wildman–Crippen LogP) is 5.11. The Labute approximate surface area is 555 Å². The Kier molecular flexibility index (Phi) is 18.3. The number of hydrogen-bond donors (Lipinski definition) is 15. The Bertz CT molecular complexity index is 4600. The second kappa shape index (κ2) is 26.9. The van der Waals surface area contributed by atoms with Gasteiger partial charge in [-0.2, -0.15) is 10.5 Å². The summed E-state index contributed by atoms with van der Waals surface area (Å²) < 4.78 is 23.7. The minimum atomic E-state index is -2.22. The number of aromatic hydroxyl groups is 6. The van der Waals surface area contributed by atoms with Crippen LogP contribution in [0, 0.1) is 35.5 Å². The molecule has 7 aromatic carbocycles. The maximum absolute atomic E-state index is 15.9. The standard InChI is InChI=1S/C69H59N9O20/c1-28(2)17-40(36(26-70)27-71)62(87)72-53-33-10-16-44(81)48(20-33)98-47-21-34(19-45(82)29(47)3)54-65(90)74-55-35-22-49(96-38-11-5-30(6-12-38)59(84)57(67(92)75-54)77-64(53)89)61(86)50(23-35)97-39-13-7-31(8-14-39)60(85)58-68(93)76-56(69(94)95-4)42-24-37(79)25-46(83)51(42)41-18-32(9-15-43(41)80)52(63(88)78-58)73-66(55)91/h5-16,18-25,28,52-60,79-86H,17H2,1-4H3,(H,72,87)(H,73,91)(H,74,90)(H,75,92)(H,76,93)(H,77,89)(H,78,88)/t52-,53+,54+,55-,56+,57-,58+,59-,60-/m1/s1. The Balaban J connectivity index is 1.12. The van der Waals surface area contributed by atoms with Crippen LogP contribution < -0.4 is 51.4 Å². The quantitative estimate of drug-likeness (QED) is 0.0604. The Hall–Kier alpha value is -12.9. The van der Waals surface area contributed by atoms with E-state index in [-0.39, 0.29) is 85.2 Å². The number of carbonyl (C=O) groups is 8. The zero-order valence-corrected chi connectivity index (χ0v) is 51.9. The molecule has 6 heterocycles. The van der Waals surface area contributed by atoms with Crippen molar-refractivity contribution in [2.75, 3.05) is 7.11 Å². The molecular formula is C69H59N9O20. The van der Waals surface area contributed by atoms with Crippen molar-refractivity contribution < 1.29 is 98.2 Å². The van der Waals surface area contributed by atoms with Gasteiger partial charge in [-0.3, -0.25) is 33.6 Å². The molecule has 0 aromatic heterocycles. The van der Waals surface area contributed by atoms with Crippen LogP contribution in [0.2, 0.25) is 0 Å². The van der Waals surface area contributed by atoms with E-state index in [0.29, 0.717) is 0 Å². The maximum Gasteiger partial charge on any atom is 0.333 e. The third kappa shape index (κ3) is 13.1. The zero-order chi connectivity index (χ0) is 70.3. The van der Waals surface area contributed by atoms with Crippen molar-refractivity contribution in [3.63, 3.8) is 0 Å². The fourth-order valence-corrected chi connectivity index (χ4v) is 11.6. The van der Waals surface area contributed by atoms with Gasteiger partial charge in [0.2, 0.25) is 47.1 Å². The number of aliphatic hydroxyl groups is 2. The zero-order valence-electron chi connectivity index (χ0n) is 51.9. The van der Waals surface area contributed by atoms with Crippen LogP contribution in [-0.4, -0.2) is 107 Å². The lowest BCUT2D eigenvalue weighted by Gasteiger charge is -2.31. The summed E-state index contributed by atoms with van der Waals surface area (Å²) in [6.07, 6.45) is -4.28. The van der Waals surface area contributed by atoms with E-state index in [1.807, 2.05) is 0 Å². The molecule has 29 nitrogen and oxygen atoms in total. The Morgan fingerprint density at radius 3 is 1.59 bits per heavy atom. The minimum absolute atomic E-state index is 0.0512. The number of rotatable bonds is 5. The molecule has 9 atom stereocenters. The van der Waals surface area contributed by atoms with Gasteiger partial charge in [-0.1, -0.05) is 50.2 Å². The van der Waals surface area contributed by atoms with Crippen LogP contribution in [0.4, 0.5) is 0 Å². The van der Waals surface area contributed by atoms with Gasteiger partial charge in [-0.15, -0.1) is 0 Å². The average molecular weight is 1330 g/mol. The van der Waals surface area contributed by atoms with E-state index < -0.39 is 165 Å². The van der Waals surface area contributed by atoms with Gasteiger partial charge in [0.05, 0.1) is 7.11 Å². The van der Waals surface area contributed by atoms with E-state index >= 15 is 24.0 Å². The summed E-state index contributed by atoms with van der Waals surface area (Å²) in [6, 6.07) is 11.7. The Morgan fingerprint density at radius 2 is 1.02 bits per heavy atom. The van der Waals surface area contributed by atoms with E-state index in [4.69, 9.17) is 18.9 Å². The van der Waals surface area contributed by atoms with E-state index in [1.165, 1.54) is 61.5 Å². The SMILES string of the molecule is COC(=O)[C@H]1NC(=O)[C@H]2NC(=O)[C@H](NC(=O)[C@@H]3NC(=O)[C@H]4NC(=O)[C@H](NC(=O)[C@@H](NC(=O)C(CC(C)C)=C(C#N)C#N)c5ccc(O)c(c5)Oc5cc4cc(O)c5C)[C@H](O)c4ccc(cc4)Oc4cc3cc(c4O)Oc3ccc(cc3)[C@H]2O)c2ccc(O)c(c2)-c2c(O)cc(O)cc21. The molecule has 7 amide bonds. The summed E-state index contributed by atoms with van der Waals surface area (Å²) in [5.74, 6) is -16.5. The number of hydrogen-bond acceptors (Lipinski definition) is 22. The highest BCUT2D eigenvalue weighted by Crippen LogP contribution is 2.47. The molecular weight excluding hydrogens is 1270 g/mol. The maximum atomic E-state index is 15.9. The first kappa shape index (κ1) is 66.6. The fourth-order valence-electron chi connectivity index (χ4n) is 11.6. The number of aliphatic hydroxyl groups excluding tert-OH is 2.